The Bertz CT molecular complexity index is 1160. The SMILES string of the molecule is Cc1ccc2oc(-c3ccc(N=Cc4cc(C)c(C)cc4O)cc3)nc2c1. The molecule has 0 radical (unpaired) electrons. The van der Waals surface area contributed by atoms with Crippen LogP contribution in [0.15, 0.2) is 64.0 Å². The highest BCUT2D eigenvalue weighted by Crippen LogP contribution is 2.27. The molecule has 0 aliphatic rings. The van der Waals surface area contributed by atoms with Gasteiger partial charge in [0.1, 0.15) is 11.3 Å². The lowest BCUT2D eigenvalue weighted by atomic mass is 10.1. The second kappa shape index (κ2) is 6.72. The second-order valence-corrected chi connectivity index (χ2v) is 6.79. The van der Waals surface area contributed by atoms with Gasteiger partial charge in [-0.05, 0) is 86.0 Å². The number of phenolic OH excluding ortho intramolecular Hbond substituents is 1. The summed E-state index contributed by atoms with van der Waals surface area (Å²) in [6.07, 6.45) is 1.68. The van der Waals surface area contributed by atoms with Crippen LogP contribution in [0.25, 0.3) is 22.6 Å². The Morgan fingerprint density at radius 2 is 1.67 bits per heavy atom. The molecule has 0 saturated heterocycles. The van der Waals surface area contributed by atoms with Gasteiger partial charge >= 0.3 is 0 Å². The normalized spacial score (nSPS) is 11.5. The van der Waals surface area contributed by atoms with Crippen LogP contribution in [0, 0.1) is 20.8 Å². The highest BCUT2D eigenvalue weighted by atomic mass is 16.3. The minimum absolute atomic E-state index is 0.236. The van der Waals surface area contributed by atoms with Crippen molar-refractivity contribution in [2.75, 3.05) is 0 Å². The van der Waals surface area contributed by atoms with E-state index in [0.717, 1.165) is 39.0 Å². The molecule has 27 heavy (non-hydrogen) atoms. The number of fused-ring (bicyclic) bond motifs is 1. The number of nitrogens with zero attached hydrogens (tertiary/aromatic N) is 2. The zero-order valence-electron chi connectivity index (χ0n) is 15.5. The van der Waals surface area contributed by atoms with E-state index in [1.807, 2.05) is 69.3 Å². The third-order valence-corrected chi connectivity index (χ3v) is 4.65. The molecule has 0 atom stereocenters. The van der Waals surface area contributed by atoms with E-state index in [9.17, 15) is 5.11 Å². The number of hydrogen-bond donors (Lipinski definition) is 1. The zero-order chi connectivity index (χ0) is 19.0. The van der Waals surface area contributed by atoms with E-state index in [1.165, 1.54) is 0 Å². The third kappa shape index (κ3) is 3.47. The number of hydrogen-bond acceptors (Lipinski definition) is 4. The molecule has 4 heteroatoms. The molecule has 4 nitrogen and oxygen atoms in total. The molecule has 0 spiro atoms. The fraction of sp³-hybridized carbons (Fsp3) is 0.130. The first kappa shape index (κ1) is 17.0. The fourth-order valence-electron chi connectivity index (χ4n) is 2.92. The van der Waals surface area contributed by atoms with E-state index < -0.39 is 0 Å². The second-order valence-electron chi connectivity index (χ2n) is 6.79. The average Bonchev–Trinajstić information content (AvgIpc) is 3.07. The van der Waals surface area contributed by atoms with Crippen molar-refractivity contribution >= 4 is 23.0 Å². The summed E-state index contributed by atoms with van der Waals surface area (Å²) in [6.45, 7) is 6.03. The Kier molecular flexibility index (Phi) is 4.24. The van der Waals surface area contributed by atoms with Crippen molar-refractivity contribution in [1.29, 1.82) is 0 Å². The van der Waals surface area contributed by atoms with Crippen LogP contribution < -0.4 is 0 Å². The molecular weight excluding hydrogens is 336 g/mol. The molecule has 4 rings (SSSR count). The molecule has 1 heterocycles. The molecule has 0 saturated carbocycles. The lowest BCUT2D eigenvalue weighted by molar-refractivity contribution is 0.474. The van der Waals surface area contributed by atoms with E-state index in [1.54, 1.807) is 12.3 Å². The Balaban J connectivity index is 1.59. The van der Waals surface area contributed by atoms with Crippen molar-refractivity contribution in [3.8, 4) is 17.2 Å². The summed E-state index contributed by atoms with van der Waals surface area (Å²) in [5.74, 6) is 0.832. The molecule has 0 aliphatic carbocycles. The summed E-state index contributed by atoms with van der Waals surface area (Å²) in [6, 6.07) is 17.3. The van der Waals surface area contributed by atoms with Crippen LogP contribution in [0.1, 0.15) is 22.3 Å². The predicted octanol–water partition coefficient (Wildman–Crippen LogP) is 5.88. The van der Waals surface area contributed by atoms with Gasteiger partial charge < -0.3 is 9.52 Å². The molecule has 0 bridgehead atoms. The largest absolute Gasteiger partial charge is 0.507 e. The number of rotatable bonds is 3. The van der Waals surface area contributed by atoms with Gasteiger partial charge in [-0.1, -0.05) is 6.07 Å². The Hall–Kier alpha value is -3.40. The van der Waals surface area contributed by atoms with Crippen LogP contribution in [-0.4, -0.2) is 16.3 Å². The lowest BCUT2D eigenvalue weighted by Gasteiger charge is -2.04. The summed E-state index contributed by atoms with van der Waals surface area (Å²) in [5.41, 5.74) is 7.37. The van der Waals surface area contributed by atoms with Crippen LogP contribution >= 0.6 is 0 Å². The molecule has 3 aromatic carbocycles. The van der Waals surface area contributed by atoms with Gasteiger partial charge in [0.2, 0.25) is 5.89 Å². The summed E-state index contributed by atoms with van der Waals surface area (Å²) in [5, 5.41) is 10.1. The van der Waals surface area contributed by atoms with Crippen molar-refractivity contribution in [2.45, 2.75) is 20.8 Å². The van der Waals surface area contributed by atoms with Crippen LogP contribution in [0.3, 0.4) is 0 Å². The Morgan fingerprint density at radius 3 is 2.44 bits per heavy atom. The quantitative estimate of drug-likeness (QED) is 0.467. The summed E-state index contributed by atoms with van der Waals surface area (Å²) < 4.78 is 5.84. The molecule has 0 amide bonds. The van der Waals surface area contributed by atoms with Gasteiger partial charge in [-0.3, -0.25) is 4.99 Å². The van der Waals surface area contributed by atoms with E-state index in [-0.39, 0.29) is 5.75 Å². The minimum atomic E-state index is 0.236. The van der Waals surface area contributed by atoms with E-state index in [2.05, 4.69) is 9.98 Å². The van der Waals surface area contributed by atoms with Crippen LogP contribution in [0.5, 0.6) is 5.75 Å². The molecule has 4 aromatic rings. The van der Waals surface area contributed by atoms with Crippen LogP contribution in [0.4, 0.5) is 5.69 Å². The van der Waals surface area contributed by atoms with Crippen molar-refractivity contribution in [3.63, 3.8) is 0 Å². The lowest BCUT2D eigenvalue weighted by Crippen LogP contribution is -1.87. The van der Waals surface area contributed by atoms with Gasteiger partial charge in [0.05, 0.1) is 5.69 Å². The maximum atomic E-state index is 10.1. The van der Waals surface area contributed by atoms with Crippen molar-refractivity contribution < 1.29 is 9.52 Å². The maximum Gasteiger partial charge on any atom is 0.227 e. The summed E-state index contributed by atoms with van der Waals surface area (Å²) >= 11 is 0. The van der Waals surface area contributed by atoms with Gasteiger partial charge in [-0.25, -0.2) is 4.98 Å². The number of oxazole rings is 1. The zero-order valence-corrected chi connectivity index (χ0v) is 15.5. The summed E-state index contributed by atoms with van der Waals surface area (Å²) in [7, 11) is 0. The highest BCUT2D eigenvalue weighted by Gasteiger charge is 2.08. The predicted molar refractivity (Wildman–Crippen MR) is 109 cm³/mol. The molecular formula is C23H20N2O2. The van der Waals surface area contributed by atoms with E-state index in [4.69, 9.17) is 4.42 Å². The van der Waals surface area contributed by atoms with Crippen molar-refractivity contribution in [2.24, 2.45) is 4.99 Å². The summed E-state index contributed by atoms with van der Waals surface area (Å²) in [4.78, 5) is 9.02. The molecule has 0 unspecified atom stereocenters. The van der Waals surface area contributed by atoms with E-state index in [0.29, 0.717) is 11.5 Å². The number of aromatic hydroxyl groups is 1. The minimum Gasteiger partial charge on any atom is -0.507 e. The third-order valence-electron chi connectivity index (χ3n) is 4.65. The number of aromatic nitrogens is 1. The first-order valence-corrected chi connectivity index (χ1v) is 8.81. The smallest absolute Gasteiger partial charge is 0.227 e. The first-order valence-electron chi connectivity index (χ1n) is 8.81. The maximum absolute atomic E-state index is 10.1. The van der Waals surface area contributed by atoms with Crippen molar-refractivity contribution in [3.05, 3.63) is 76.9 Å². The molecule has 0 fully saturated rings. The van der Waals surface area contributed by atoms with Gasteiger partial charge in [-0.2, -0.15) is 0 Å². The van der Waals surface area contributed by atoms with Crippen LogP contribution in [-0.2, 0) is 0 Å². The van der Waals surface area contributed by atoms with E-state index >= 15 is 0 Å². The number of aryl methyl sites for hydroxylation is 3. The highest BCUT2D eigenvalue weighted by molar-refractivity contribution is 5.86. The van der Waals surface area contributed by atoms with Crippen molar-refractivity contribution in [1.82, 2.24) is 4.98 Å². The van der Waals surface area contributed by atoms with Gasteiger partial charge in [0.15, 0.2) is 5.58 Å². The molecule has 134 valence electrons. The van der Waals surface area contributed by atoms with Crippen LogP contribution in [0.2, 0.25) is 0 Å². The average molecular weight is 356 g/mol. The topological polar surface area (TPSA) is 58.6 Å². The van der Waals surface area contributed by atoms with Gasteiger partial charge in [0.25, 0.3) is 0 Å². The van der Waals surface area contributed by atoms with Gasteiger partial charge in [0, 0.05) is 17.3 Å². The number of aliphatic imine (C=N–C) groups is 1. The standard InChI is InChI=1S/C23H20N2O2/c1-14-4-9-22-20(10-14)25-23(27-22)17-5-7-19(8-6-17)24-13-18-11-15(2)16(3)12-21(18)26/h4-13,26H,1-3H3. The number of benzene rings is 3. The molecule has 1 N–H and O–H groups in total. The molecule has 1 aromatic heterocycles. The van der Waals surface area contributed by atoms with Gasteiger partial charge in [-0.15, -0.1) is 0 Å². The monoisotopic (exact) mass is 356 g/mol. The Morgan fingerprint density at radius 1 is 0.926 bits per heavy atom. The molecule has 0 aliphatic heterocycles. The fourth-order valence-corrected chi connectivity index (χ4v) is 2.92. The number of phenols is 1. The first-order chi connectivity index (χ1) is 13.0. The Labute approximate surface area is 157 Å².